The minimum absolute atomic E-state index is 0.0126. The molecule has 0 radical (unpaired) electrons. The van der Waals surface area contributed by atoms with Gasteiger partial charge in [-0.2, -0.15) is 0 Å². The molecule has 1 aliphatic heterocycles. The monoisotopic (exact) mass is 462 g/mol. The largest absolute Gasteiger partial charge is 0.508 e. The van der Waals surface area contributed by atoms with Crippen molar-refractivity contribution in [3.8, 4) is 11.5 Å². The molecule has 2 aromatic rings. The molecule has 1 heterocycles. The van der Waals surface area contributed by atoms with Crippen molar-refractivity contribution in [2.75, 3.05) is 19.7 Å². The highest BCUT2D eigenvalue weighted by Crippen LogP contribution is 2.29. The Morgan fingerprint density at radius 3 is 2.59 bits per heavy atom. The number of nitrogens with zero attached hydrogens (tertiary/aromatic N) is 1. The van der Waals surface area contributed by atoms with Crippen LogP contribution < -0.4 is 10.1 Å². The van der Waals surface area contributed by atoms with Gasteiger partial charge in [0.05, 0.1) is 12.5 Å². The lowest BCUT2D eigenvalue weighted by molar-refractivity contribution is -0.128. The van der Waals surface area contributed by atoms with Crippen LogP contribution in [0.3, 0.4) is 0 Å². The fourth-order valence-corrected chi connectivity index (χ4v) is 6.02. The van der Waals surface area contributed by atoms with E-state index < -0.39 is 0 Å². The van der Waals surface area contributed by atoms with Crippen molar-refractivity contribution in [2.24, 2.45) is 11.8 Å². The van der Waals surface area contributed by atoms with Crippen LogP contribution in [0.2, 0.25) is 0 Å². The molecule has 5 heteroatoms. The Labute approximate surface area is 203 Å². The number of fused-ring (bicyclic) bond motifs is 1. The van der Waals surface area contributed by atoms with Crippen LogP contribution in [0.1, 0.15) is 61.6 Å². The Morgan fingerprint density at radius 1 is 0.971 bits per heavy atom. The molecular formula is C29H38N2O3. The molecule has 0 unspecified atom stereocenters. The van der Waals surface area contributed by atoms with E-state index >= 15 is 0 Å². The van der Waals surface area contributed by atoms with Crippen molar-refractivity contribution in [1.29, 1.82) is 0 Å². The normalized spacial score (nSPS) is 23.4. The lowest BCUT2D eigenvalue weighted by atomic mass is 9.87. The number of aromatic hydroxyl groups is 1. The first kappa shape index (κ1) is 23.2. The molecule has 34 heavy (non-hydrogen) atoms. The number of carbonyl (C=O) groups is 1. The Balaban J connectivity index is 1.24. The van der Waals surface area contributed by atoms with Gasteiger partial charge in [-0.3, -0.25) is 9.69 Å². The van der Waals surface area contributed by atoms with Crippen LogP contribution in [0.15, 0.2) is 42.5 Å². The van der Waals surface area contributed by atoms with Crippen LogP contribution in [-0.4, -0.2) is 41.7 Å². The van der Waals surface area contributed by atoms with Gasteiger partial charge in [-0.1, -0.05) is 37.5 Å². The molecule has 182 valence electrons. The molecule has 2 aliphatic carbocycles. The maximum absolute atomic E-state index is 13.2. The van der Waals surface area contributed by atoms with Gasteiger partial charge in [-0.15, -0.1) is 0 Å². The number of ether oxygens (including phenoxy) is 1. The van der Waals surface area contributed by atoms with Crippen molar-refractivity contribution in [1.82, 2.24) is 10.2 Å². The Morgan fingerprint density at radius 2 is 1.76 bits per heavy atom. The lowest BCUT2D eigenvalue weighted by Crippen LogP contribution is -2.49. The first-order valence-electron chi connectivity index (χ1n) is 13.2. The second-order valence-corrected chi connectivity index (χ2v) is 10.6. The maximum atomic E-state index is 13.2. The third-order valence-electron chi connectivity index (χ3n) is 7.83. The number of nitrogens with one attached hydrogen (secondary N) is 1. The van der Waals surface area contributed by atoms with Gasteiger partial charge in [0.15, 0.2) is 0 Å². The van der Waals surface area contributed by atoms with Gasteiger partial charge in [-0.05, 0) is 79.5 Å². The van der Waals surface area contributed by atoms with E-state index in [4.69, 9.17) is 4.74 Å². The Hall–Kier alpha value is -2.53. The second-order valence-electron chi connectivity index (χ2n) is 10.6. The highest BCUT2D eigenvalue weighted by atomic mass is 16.5. The zero-order valence-corrected chi connectivity index (χ0v) is 20.2. The van der Waals surface area contributed by atoms with Crippen LogP contribution in [0.25, 0.3) is 0 Å². The predicted octanol–water partition coefficient (Wildman–Crippen LogP) is 4.85. The number of piperidine rings is 1. The van der Waals surface area contributed by atoms with Gasteiger partial charge in [0, 0.05) is 31.6 Å². The van der Waals surface area contributed by atoms with Gasteiger partial charge in [0.2, 0.25) is 5.91 Å². The van der Waals surface area contributed by atoms with Gasteiger partial charge >= 0.3 is 0 Å². The minimum atomic E-state index is -0.0126. The summed E-state index contributed by atoms with van der Waals surface area (Å²) in [6, 6.07) is 14.3. The smallest absolute Gasteiger partial charge is 0.224 e. The van der Waals surface area contributed by atoms with Crippen molar-refractivity contribution in [3.63, 3.8) is 0 Å². The average Bonchev–Trinajstić information content (AvgIpc) is 3.33. The topological polar surface area (TPSA) is 61.8 Å². The fraction of sp³-hybridized carbons (Fsp3) is 0.552. The molecule has 3 aliphatic rings. The number of phenols is 1. The van der Waals surface area contributed by atoms with E-state index in [9.17, 15) is 9.90 Å². The summed E-state index contributed by atoms with van der Waals surface area (Å²) in [5.74, 6) is 1.75. The predicted molar refractivity (Wildman–Crippen MR) is 134 cm³/mol. The molecule has 2 atom stereocenters. The first-order chi connectivity index (χ1) is 16.6. The number of carbonyl (C=O) groups excluding carboxylic acids is 1. The number of benzene rings is 2. The van der Waals surface area contributed by atoms with E-state index in [-0.39, 0.29) is 17.6 Å². The Bertz CT molecular complexity index is 968. The molecule has 0 spiro atoms. The summed E-state index contributed by atoms with van der Waals surface area (Å²) in [7, 11) is 0. The zero-order valence-electron chi connectivity index (χ0n) is 20.2. The molecule has 0 bridgehead atoms. The van der Waals surface area contributed by atoms with E-state index in [1.54, 1.807) is 12.1 Å². The highest BCUT2D eigenvalue weighted by Gasteiger charge is 2.33. The highest BCUT2D eigenvalue weighted by molar-refractivity contribution is 5.79. The molecule has 1 amide bonds. The molecule has 2 fully saturated rings. The summed E-state index contributed by atoms with van der Waals surface area (Å²) in [4.78, 5) is 15.6. The third kappa shape index (κ3) is 5.93. The van der Waals surface area contributed by atoms with Crippen LogP contribution >= 0.6 is 0 Å². The van der Waals surface area contributed by atoms with E-state index in [1.807, 2.05) is 12.1 Å². The van der Waals surface area contributed by atoms with E-state index in [0.29, 0.717) is 18.6 Å². The summed E-state index contributed by atoms with van der Waals surface area (Å²) in [5, 5.41) is 13.0. The molecule has 5 rings (SSSR count). The van der Waals surface area contributed by atoms with Gasteiger partial charge in [0.25, 0.3) is 0 Å². The van der Waals surface area contributed by atoms with Gasteiger partial charge in [0.1, 0.15) is 11.5 Å². The number of rotatable bonds is 7. The molecule has 2 aromatic carbocycles. The number of phenolic OH excluding ortho intramolecular Hbond substituents is 1. The van der Waals surface area contributed by atoms with Crippen LogP contribution in [0.5, 0.6) is 11.5 Å². The molecule has 2 N–H and O–H groups in total. The van der Waals surface area contributed by atoms with Crippen molar-refractivity contribution in [2.45, 2.75) is 70.4 Å². The second kappa shape index (κ2) is 10.8. The van der Waals surface area contributed by atoms with Crippen molar-refractivity contribution < 1.29 is 14.6 Å². The van der Waals surface area contributed by atoms with E-state index in [0.717, 1.165) is 56.6 Å². The Kier molecular flexibility index (Phi) is 7.39. The minimum Gasteiger partial charge on any atom is -0.508 e. The van der Waals surface area contributed by atoms with Gasteiger partial charge in [-0.25, -0.2) is 0 Å². The average molecular weight is 463 g/mol. The quantitative estimate of drug-likeness (QED) is 0.618. The summed E-state index contributed by atoms with van der Waals surface area (Å²) in [6.07, 6.45) is 10.4. The van der Waals surface area contributed by atoms with E-state index in [1.165, 1.54) is 43.2 Å². The van der Waals surface area contributed by atoms with Crippen LogP contribution in [0.4, 0.5) is 0 Å². The number of hydrogen-bond donors (Lipinski definition) is 2. The fourth-order valence-electron chi connectivity index (χ4n) is 6.02. The zero-order chi connectivity index (χ0) is 23.3. The standard InChI is InChI=1S/C29H38N2O3/c32-27-12-9-21(10-13-27)17-31-18-22(20-34-28-14-11-23-5-4-6-24(23)16-28)15-25(19-31)29(33)30-26-7-2-1-3-8-26/h9-14,16,22,25-26,32H,1-8,15,17-20H2,(H,30,33)/t22-,25+/m0/s1. The number of likely N-dealkylation sites (tertiary alicyclic amines) is 1. The third-order valence-corrected chi connectivity index (χ3v) is 7.83. The number of aryl methyl sites for hydroxylation is 2. The molecular weight excluding hydrogens is 424 g/mol. The maximum Gasteiger partial charge on any atom is 0.224 e. The number of hydrogen-bond acceptors (Lipinski definition) is 4. The van der Waals surface area contributed by atoms with Crippen molar-refractivity contribution in [3.05, 3.63) is 59.2 Å². The van der Waals surface area contributed by atoms with Crippen LogP contribution in [0, 0.1) is 11.8 Å². The van der Waals surface area contributed by atoms with Crippen molar-refractivity contribution >= 4 is 5.91 Å². The SMILES string of the molecule is O=C(NC1CCCCC1)[C@@H]1C[C@H](COc2ccc3c(c2)CCC3)CN(Cc2ccc(O)cc2)C1. The summed E-state index contributed by atoms with van der Waals surface area (Å²) >= 11 is 0. The van der Waals surface area contributed by atoms with Gasteiger partial charge < -0.3 is 15.2 Å². The first-order valence-corrected chi connectivity index (χ1v) is 13.2. The summed E-state index contributed by atoms with van der Waals surface area (Å²) in [5.41, 5.74) is 4.05. The van der Waals surface area contributed by atoms with Crippen LogP contribution in [-0.2, 0) is 24.2 Å². The van der Waals surface area contributed by atoms with E-state index in [2.05, 4.69) is 28.4 Å². The molecule has 5 nitrogen and oxygen atoms in total. The molecule has 1 saturated carbocycles. The molecule has 0 aromatic heterocycles. The molecule has 1 saturated heterocycles. The number of amides is 1. The summed E-state index contributed by atoms with van der Waals surface area (Å²) < 4.78 is 6.27. The summed E-state index contributed by atoms with van der Waals surface area (Å²) in [6.45, 7) is 3.11. The lowest BCUT2D eigenvalue weighted by Gasteiger charge is -2.38.